The average Bonchev–Trinajstić information content (AvgIpc) is 2.62. The Bertz CT molecular complexity index is 702. The first-order valence-corrected chi connectivity index (χ1v) is 8.36. The summed E-state index contributed by atoms with van der Waals surface area (Å²) in [6.45, 7) is 1.55. The van der Waals surface area contributed by atoms with Crippen molar-refractivity contribution >= 4 is 5.82 Å². The van der Waals surface area contributed by atoms with Crippen LogP contribution in [0.3, 0.4) is 0 Å². The summed E-state index contributed by atoms with van der Waals surface area (Å²) in [6, 6.07) is 11.7. The monoisotopic (exact) mass is 367 g/mol. The number of rotatable bonds is 5. The molecule has 1 saturated heterocycles. The number of benzene rings is 1. The number of aliphatic hydroxyl groups is 1. The Kier molecular flexibility index (Phi) is 5.43. The summed E-state index contributed by atoms with van der Waals surface area (Å²) in [5.41, 5.74) is -1.05. The second-order valence-electron chi connectivity index (χ2n) is 6.45. The van der Waals surface area contributed by atoms with Crippen LogP contribution in [-0.2, 0) is 17.5 Å². The highest BCUT2D eigenvalue weighted by Crippen LogP contribution is 2.29. The first-order valence-electron chi connectivity index (χ1n) is 8.36. The lowest BCUT2D eigenvalue weighted by molar-refractivity contribution is -0.141. The SMILES string of the molecule is OC1(CN(Cc2ccccc2)c2ccc(C(F)(F)F)nn2)CCOCC1. The van der Waals surface area contributed by atoms with Crippen molar-refractivity contribution in [3.63, 3.8) is 0 Å². The van der Waals surface area contributed by atoms with E-state index in [1.165, 1.54) is 6.07 Å². The lowest BCUT2D eigenvalue weighted by atomic mass is 9.93. The van der Waals surface area contributed by atoms with Crippen molar-refractivity contribution < 1.29 is 23.0 Å². The van der Waals surface area contributed by atoms with Crippen molar-refractivity contribution in [2.75, 3.05) is 24.7 Å². The van der Waals surface area contributed by atoms with E-state index in [4.69, 9.17) is 4.74 Å². The van der Waals surface area contributed by atoms with Gasteiger partial charge in [0, 0.05) is 39.1 Å². The van der Waals surface area contributed by atoms with Gasteiger partial charge in [0.15, 0.2) is 11.5 Å². The number of ether oxygens (including phenoxy) is 1. The Hall–Kier alpha value is -2.19. The third-order valence-corrected chi connectivity index (χ3v) is 4.39. The zero-order valence-electron chi connectivity index (χ0n) is 14.1. The number of halogens is 3. The maximum atomic E-state index is 12.7. The molecule has 3 rings (SSSR count). The van der Waals surface area contributed by atoms with E-state index in [0.717, 1.165) is 11.6 Å². The van der Waals surface area contributed by atoms with Crippen molar-refractivity contribution in [2.45, 2.75) is 31.2 Å². The molecule has 1 N–H and O–H groups in total. The van der Waals surface area contributed by atoms with Crippen LogP contribution in [0.25, 0.3) is 0 Å². The molecule has 1 aromatic carbocycles. The highest BCUT2D eigenvalue weighted by molar-refractivity contribution is 5.40. The first-order chi connectivity index (χ1) is 12.4. The van der Waals surface area contributed by atoms with E-state index in [2.05, 4.69) is 10.2 Å². The van der Waals surface area contributed by atoms with Gasteiger partial charge in [-0.05, 0) is 17.7 Å². The summed E-state index contributed by atoms with van der Waals surface area (Å²) in [6.07, 6.45) is -3.60. The van der Waals surface area contributed by atoms with Crippen LogP contribution in [-0.4, -0.2) is 40.7 Å². The molecule has 0 radical (unpaired) electrons. The molecule has 140 valence electrons. The van der Waals surface area contributed by atoms with Gasteiger partial charge in [-0.1, -0.05) is 30.3 Å². The molecule has 1 aromatic heterocycles. The number of hydrogen-bond donors (Lipinski definition) is 1. The van der Waals surface area contributed by atoms with Gasteiger partial charge in [-0.15, -0.1) is 10.2 Å². The van der Waals surface area contributed by atoms with E-state index in [1.54, 1.807) is 4.90 Å². The molecule has 0 bridgehead atoms. The molecular weight excluding hydrogens is 347 g/mol. The molecule has 5 nitrogen and oxygen atoms in total. The van der Waals surface area contributed by atoms with Crippen molar-refractivity contribution in [3.05, 3.63) is 53.7 Å². The van der Waals surface area contributed by atoms with Gasteiger partial charge in [0.05, 0.1) is 5.60 Å². The molecule has 0 atom stereocenters. The Balaban J connectivity index is 1.84. The zero-order valence-corrected chi connectivity index (χ0v) is 14.1. The van der Waals surface area contributed by atoms with Gasteiger partial charge in [-0.2, -0.15) is 13.2 Å². The van der Waals surface area contributed by atoms with Gasteiger partial charge < -0.3 is 14.7 Å². The number of hydrogen-bond acceptors (Lipinski definition) is 5. The van der Waals surface area contributed by atoms with Gasteiger partial charge in [0.25, 0.3) is 0 Å². The maximum absolute atomic E-state index is 12.7. The first kappa shape index (κ1) is 18.6. The van der Waals surface area contributed by atoms with Crippen molar-refractivity contribution in [2.24, 2.45) is 0 Å². The smallest absolute Gasteiger partial charge is 0.388 e. The van der Waals surface area contributed by atoms with Gasteiger partial charge >= 0.3 is 6.18 Å². The minimum Gasteiger partial charge on any atom is -0.388 e. The summed E-state index contributed by atoms with van der Waals surface area (Å²) in [5, 5.41) is 17.9. The fourth-order valence-corrected chi connectivity index (χ4v) is 2.93. The molecule has 0 spiro atoms. The van der Waals surface area contributed by atoms with Gasteiger partial charge in [0.2, 0.25) is 0 Å². The van der Waals surface area contributed by atoms with E-state index in [1.807, 2.05) is 30.3 Å². The summed E-state index contributed by atoms with van der Waals surface area (Å²) in [7, 11) is 0. The maximum Gasteiger partial charge on any atom is 0.435 e. The molecule has 0 amide bonds. The van der Waals surface area contributed by atoms with Crippen molar-refractivity contribution in [3.8, 4) is 0 Å². The van der Waals surface area contributed by atoms with Crippen LogP contribution in [0, 0.1) is 0 Å². The Morgan fingerprint density at radius 1 is 1.04 bits per heavy atom. The minimum absolute atomic E-state index is 0.241. The van der Waals surface area contributed by atoms with E-state index < -0.39 is 17.5 Å². The third-order valence-electron chi connectivity index (χ3n) is 4.39. The molecular formula is C18H20F3N3O2. The van der Waals surface area contributed by atoms with Crippen molar-refractivity contribution in [1.29, 1.82) is 0 Å². The van der Waals surface area contributed by atoms with E-state index in [0.29, 0.717) is 38.4 Å². The third kappa shape index (κ3) is 4.70. The van der Waals surface area contributed by atoms with E-state index in [9.17, 15) is 18.3 Å². The second kappa shape index (κ2) is 7.59. The highest BCUT2D eigenvalue weighted by atomic mass is 19.4. The summed E-state index contributed by atoms with van der Waals surface area (Å²) in [5.74, 6) is 0.293. The Morgan fingerprint density at radius 2 is 1.73 bits per heavy atom. The molecule has 0 unspecified atom stereocenters. The standard InChI is InChI=1S/C18H20F3N3O2/c19-18(20,21)15-6-7-16(23-22-15)24(12-14-4-2-1-3-5-14)13-17(25)8-10-26-11-9-17/h1-7,25H,8-13H2. The highest BCUT2D eigenvalue weighted by Gasteiger charge is 2.35. The summed E-state index contributed by atoms with van der Waals surface area (Å²) in [4.78, 5) is 1.76. The largest absolute Gasteiger partial charge is 0.435 e. The van der Waals surface area contributed by atoms with Gasteiger partial charge in [0.1, 0.15) is 0 Å². The quantitative estimate of drug-likeness (QED) is 0.880. The number of aromatic nitrogens is 2. The average molecular weight is 367 g/mol. The predicted octanol–water partition coefficient (Wildman–Crippen LogP) is 3.04. The van der Waals surface area contributed by atoms with Gasteiger partial charge in [-0.25, -0.2) is 0 Å². The van der Waals surface area contributed by atoms with Gasteiger partial charge in [-0.3, -0.25) is 0 Å². The molecule has 1 aliphatic heterocycles. The lowest BCUT2D eigenvalue weighted by Crippen LogP contribution is -2.47. The number of alkyl halides is 3. The lowest BCUT2D eigenvalue weighted by Gasteiger charge is -2.37. The zero-order chi connectivity index (χ0) is 18.6. The van der Waals surface area contributed by atoms with E-state index in [-0.39, 0.29) is 6.54 Å². The van der Waals surface area contributed by atoms with Crippen molar-refractivity contribution in [1.82, 2.24) is 10.2 Å². The predicted molar refractivity (Wildman–Crippen MR) is 89.5 cm³/mol. The second-order valence-corrected chi connectivity index (χ2v) is 6.45. The molecule has 2 heterocycles. The van der Waals surface area contributed by atoms with Crippen LogP contribution in [0.2, 0.25) is 0 Å². The molecule has 0 saturated carbocycles. The molecule has 1 fully saturated rings. The van der Waals surface area contributed by atoms with Crippen LogP contribution in [0.4, 0.5) is 19.0 Å². The van der Waals surface area contributed by atoms with Crippen LogP contribution in [0.15, 0.2) is 42.5 Å². The van der Waals surface area contributed by atoms with Crippen LogP contribution in [0.1, 0.15) is 24.1 Å². The van der Waals surface area contributed by atoms with Crippen LogP contribution < -0.4 is 4.90 Å². The van der Waals surface area contributed by atoms with Crippen LogP contribution in [0.5, 0.6) is 0 Å². The molecule has 0 aliphatic carbocycles. The molecule has 2 aromatic rings. The van der Waals surface area contributed by atoms with Crippen LogP contribution >= 0.6 is 0 Å². The minimum atomic E-state index is -4.53. The fraction of sp³-hybridized carbons (Fsp3) is 0.444. The summed E-state index contributed by atoms with van der Waals surface area (Å²) >= 11 is 0. The molecule has 26 heavy (non-hydrogen) atoms. The Morgan fingerprint density at radius 3 is 2.31 bits per heavy atom. The molecule has 8 heteroatoms. The van der Waals surface area contributed by atoms with E-state index >= 15 is 0 Å². The number of nitrogens with zero attached hydrogens (tertiary/aromatic N) is 3. The molecule has 1 aliphatic rings. The Labute approximate surface area is 149 Å². The number of anilines is 1. The topological polar surface area (TPSA) is 58.5 Å². The fourth-order valence-electron chi connectivity index (χ4n) is 2.93. The normalized spacial score (nSPS) is 17.1. The summed E-state index contributed by atoms with van der Waals surface area (Å²) < 4.78 is 43.5.